The Labute approximate surface area is 98.0 Å². The maximum atomic E-state index is 10.7. The van der Waals surface area contributed by atoms with Crippen LogP contribution in [0.2, 0.25) is 0 Å². The van der Waals surface area contributed by atoms with Crippen LogP contribution in [0, 0.1) is 0 Å². The highest BCUT2D eigenvalue weighted by Gasteiger charge is 2.15. The zero-order chi connectivity index (χ0) is 12.0. The summed E-state index contributed by atoms with van der Waals surface area (Å²) in [5, 5.41) is 4.93. The number of ether oxygens (including phenoxy) is 1. The normalized spacial score (nSPS) is 22.6. The van der Waals surface area contributed by atoms with E-state index in [1.54, 1.807) is 0 Å². The number of primary sulfonamides is 1. The minimum absolute atomic E-state index is 0.0584. The van der Waals surface area contributed by atoms with Gasteiger partial charge < -0.3 is 9.64 Å². The lowest BCUT2D eigenvalue weighted by Gasteiger charge is -2.27. The van der Waals surface area contributed by atoms with Crippen molar-refractivity contribution < 1.29 is 13.2 Å². The first-order valence-corrected chi connectivity index (χ1v) is 7.49. The fraction of sp³-hybridized carbons (Fsp3) is 1.00. The molecule has 1 heterocycles. The third kappa shape index (κ3) is 6.42. The molecule has 0 aromatic rings. The fourth-order valence-corrected chi connectivity index (χ4v) is 2.46. The van der Waals surface area contributed by atoms with Gasteiger partial charge in [0.15, 0.2) is 0 Å². The zero-order valence-corrected chi connectivity index (χ0v) is 10.7. The molecule has 0 aromatic carbocycles. The molecule has 0 radical (unpaired) electrons. The van der Waals surface area contributed by atoms with E-state index in [1.807, 2.05) is 7.05 Å². The standard InChI is InChI=1S/C10H22N2O3S/c1-12(6-4-8-16(11,13)14)9-10-5-2-3-7-15-10/h10H,2-9H2,1H3,(H2,11,13,14). The van der Waals surface area contributed by atoms with Crippen LogP contribution in [0.1, 0.15) is 25.7 Å². The smallest absolute Gasteiger partial charge is 0.209 e. The molecule has 0 aromatic heterocycles. The van der Waals surface area contributed by atoms with Gasteiger partial charge in [0.25, 0.3) is 0 Å². The van der Waals surface area contributed by atoms with Gasteiger partial charge in [0.2, 0.25) is 10.0 Å². The van der Waals surface area contributed by atoms with E-state index in [2.05, 4.69) is 4.90 Å². The van der Waals surface area contributed by atoms with Gasteiger partial charge in [-0.2, -0.15) is 0 Å². The van der Waals surface area contributed by atoms with Crippen LogP contribution in [0.5, 0.6) is 0 Å². The van der Waals surface area contributed by atoms with Crippen molar-refractivity contribution in [2.45, 2.75) is 31.8 Å². The van der Waals surface area contributed by atoms with E-state index in [9.17, 15) is 8.42 Å². The van der Waals surface area contributed by atoms with Crippen molar-refractivity contribution >= 4 is 10.0 Å². The third-order valence-electron chi connectivity index (χ3n) is 2.76. The van der Waals surface area contributed by atoms with Gasteiger partial charge >= 0.3 is 0 Å². The molecular weight excluding hydrogens is 228 g/mol. The molecule has 1 fully saturated rings. The molecule has 0 amide bonds. The van der Waals surface area contributed by atoms with Crippen LogP contribution in [-0.4, -0.2) is 51.9 Å². The van der Waals surface area contributed by atoms with E-state index < -0.39 is 10.0 Å². The highest BCUT2D eigenvalue weighted by atomic mass is 32.2. The molecule has 1 rings (SSSR count). The molecule has 5 nitrogen and oxygen atoms in total. The molecule has 1 saturated heterocycles. The van der Waals surface area contributed by atoms with Crippen LogP contribution in [0.25, 0.3) is 0 Å². The maximum absolute atomic E-state index is 10.7. The lowest BCUT2D eigenvalue weighted by Crippen LogP contribution is -2.34. The molecule has 96 valence electrons. The average molecular weight is 250 g/mol. The number of hydrogen-bond acceptors (Lipinski definition) is 4. The quantitative estimate of drug-likeness (QED) is 0.729. The van der Waals surface area contributed by atoms with Crippen molar-refractivity contribution in [2.75, 3.05) is 32.5 Å². The molecule has 0 aliphatic carbocycles. The van der Waals surface area contributed by atoms with E-state index in [-0.39, 0.29) is 5.75 Å². The number of hydrogen-bond donors (Lipinski definition) is 1. The van der Waals surface area contributed by atoms with E-state index in [0.717, 1.165) is 32.5 Å². The number of nitrogens with two attached hydrogens (primary N) is 1. The molecule has 1 aliphatic rings. The van der Waals surface area contributed by atoms with Crippen LogP contribution in [-0.2, 0) is 14.8 Å². The topological polar surface area (TPSA) is 72.6 Å². The summed E-state index contributed by atoms with van der Waals surface area (Å²) in [5.74, 6) is 0.0584. The van der Waals surface area contributed by atoms with Gasteiger partial charge in [-0.3, -0.25) is 0 Å². The molecular formula is C10H22N2O3S. The zero-order valence-electron chi connectivity index (χ0n) is 9.89. The predicted octanol–water partition coefficient (Wildman–Crippen LogP) is 0.166. The Hall–Kier alpha value is -0.170. The van der Waals surface area contributed by atoms with E-state index >= 15 is 0 Å². The van der Waals surface area contributed by atoms with Crippen LogP contribution in [0.3, 0.4) is 0 Å². The molecule has 6 heteroatoms. The summed E-state index contributed by atoms with van der Waals surface area (Å²) < 4.78 is 27.1. The minimum atomic E-state index is -3.31. The monoisotopic (exact) mass is 250 g/mol. The first-order chi connectivity index (χ1) is 7.47. The third-order valence-corrected chi connectivity index (χ3v) is 3.62. The van der Waals surface area contributed by atoms with E-state index in [0.29, 0.717) is 12.5 Å². The Balaban J connectivity index is 2.12. The Bertz CT molecular complexity index is 286. The largest absolute Gasteiger partial charge is 0.377 e. The number of likely N-dealkylation sites (N-methyl/N-ethyl adjacent to an activating group) is 1. The van der Waals surface area contributed by atoms with Gasteiger partial charge in [-0.25, -0.2) is 13.6 Å². The van der Waals surface area contributed by atoms with Crippen LogP contribution < -0.4 is 5.14 Å². The summed E-state index contributed by atoms with van der Waals surface area (Å²) in [6, 6.07) is 0. The second-order valence-electron chi connectivity index (χ2n) is 4.47. The van der Waals surface area contributed by atoms with Gasteiger partial charge in [-0.1, -0.05) is 0 Å². The highest BCUT2D eigenvalue weighted by molar-refractivity contribution is 7.89. The van der Waals surface area contributed by atoms with E-state index in [1.165, 1.54) is 6.42 Å². The van der Waals surface area contributed by atoms with Crippen LogP contribution in [0.15, 0.2) is 0 Å². The lowest BCUT2D eigenvalue weighted by molar-refractivity contribution is -0.00134. The minimum Gasteiger partial charge on any atom is -0.377 e. The number of rotatable bonds is 6. The fourth-order valence-electron chi connectivity index (χ4n) is 1.93. The van der Waals surface area contributed by atoms with Gasteiger partial charge in [0, 0.05) is 13.2 Å². The van der Waals surface area contributed by atoms with Crippen molar-refractivity contribution in [3.05, 3.63) is 0 Å². The van der Waals surface area contributed by atoms with Crippen molar-refractivity contribution in [3.8, 4) is 0 Å². The molecule has 16 heavy (non-hydrogen) atoms. The van der Waals surface area contributed by atoms with E-state index in [4.69, 9.17) is 9.88 Å². The molecule has 1 aliphatic heterocycles. The molecule has 0 saturated carbocycles. The molecule has 0 bridgehead atoms. The first-order valence-electron chi connectivity index (χ1n) is 5.78. The summed E-state index contributed by atoms with van der Waals surface area (Å²) in [4.78, 5) is 2.11. The molecule has 0 spiro atoms. The second kappa shape index (κ2) is 6.54. The van der Waals surface area contributed by atoms with Crippen molar-refractivity contribution in [1.29, 1.82) is 0 Å². The van der Waals surface area contributed by atoms with Crippen molar-refractivity contribution in [1.82, 2.24) is 4.90 Å². The number of sulfonamides is 1. The average Bonchev–Trinajstić information content (AvgIpc) is 2.17. The summed E-state index contributed by atoms with van der Waals surface area (Å²) in [6.45, 7) is 2.48. The van der Waals surface area contributed by atoms with Gasteiger partial charge in [-0.15, -0.1) is 0 Å². The second-order valence-corrected chi connectivity index (χ2v) is 6.21. The SMILES string of the molecule is CN(CCCS(N)(=O)=O)CC1CCCCO1. The Morgan fingerprint density at radius 3 is 2.75 bits per heavy atom. The predicted molar refractivity (Wildman–Crippen MR) is 63.7 cm³/mol. The van der Waals surface area contributed by atoms with Crippen molar-refractivity contribution in [3.63, 3.8) is 0 Å². The molecule has 1 atom stereocenters. The highest BCUT2D eigenvalue weighted by Crippen LogP contribution is 2.13. The van der Waals surface area contributed by atoms with Crippen molar-refractivity contribution in [2.24, 2.45) is 5.14 Å². The van der Waals surface area contributed by atoms with Gasteiger partial charge in [0.05, 0.1) is 11.9 Å². The number of nitrogens with zero attached hydrogens (tertiary/aromatic N) is 1. The van der Waals surface area contributed by atoms with Gasteiger partial charge in [0.1, 0.15) is 0 Å². The Kier molecular flexibility index (Phi) is 5.68. The summed E-state index contributed by atoms with van der Waals surface area (Å²) in [7, 11) is -1.32. The lowest BCUT2D eigenvalue weighted by atomic mass is 10.1. The summed E-state index contributed by atoms with van der Waals surface area (Å²) >= 11 is 0. The maximum Gasteiger partial charge on any atom is 0.209 e. The van der Waals surface area contributed by atoms with Crippen LogP contribution >= 0.6 is 0 Å². The Morgan fingerprint density at radius 2 is 2.19 bits per heavy atom. The van der Waals surface area contributed by atoms with Crippen LogP contribution in [0.4, 0.5) is 0 Å². The summed E-state index contributed by atoms with van der Waals surface area (Å²) in [6.07, 6.45) is 4.40. The molecule has 2 N–H and O–H groups in total. The summed E-state index contributed by atoms with van der Waals surface area (Å²) in [5.41, 5.74) is 0. The van der Waals surface area contributed by atoms with Gasteiger partial charge in [-0.05, 0) is 39.3 Å². The molecule has 1 unspecified atom stereocenters. The first kappa shape index (κ1) is 13.9. The Morgan fingerprint density at radius 1 is 1.44 bits per heavy atom.